The van der Waals surface area contributed by atoms with Gasteiger partial charge >= 0.3 is 0 Å². The second-order valence-electron chi connectivity index (χ2n) is 6.08. The normalized spacial score (nSPS) is 14.8. The smallest absolute Gasteiger partial charge is 0.274 e. The molecule has 2 N–H and O–H groups in total. The van der Waals surface area contributed by atoms with Crippen molar-refractivity contribution in [1.82, 2.24) is 9.55 Å². The van der Waals surface area contributed by atoms with Gasteiger partial charge in [-0.05, 0) is 43.5 Å². The van der Waals surface area contributed by atoms with Gasteiger partial charge in [-0.2, -0.15) is 0 Å². The average molecular weight is 310 g/mol. The lowest BCUT2D eigenvalue weighted by atomic mass is 9.95. The van der Waals surface area contributed by atoms with Crippen molar-refractivity contribution in [2.75, 3.05) is 0 Å². The molecule has 0 radical (unpaired) electrons. The highest BCUT2D eigenvalue weighted by molar-refractivity contribution is 5.96. The van der Waals surface area contributed by atoms with E-state index in [2.05, 4.69) is 4.98 Å². The molecule has 1 aromatic carbocycles. The quantitative estimate of drug-likeness (QED) is 0.781. The van der Waals surface area contributed by atoms with Crippen LogP contribution in [0.5, 0.6) is 11.5 Å². The van der Waals surface area contributed by atoms with Crippen molar-refractivity contribution in [2.45, 2.75) is 25.4 Å². The predicted molar refractivity (Wildman–Crippen MR) is 88.9 cm³/mol. The summed E-state index contributed by atoms with van der Waals surface area (Å²) in [6.07, 6.45) is 7.11. The molecule has 1 aliphatic rings. The molecule has 0 spiro atoms. The van der Waals surface area contributed by atoms with E-state index in [-0.39, 0.29) is 17.4 Å². The lowest BCUT2D eigenvalue weighted by Crippen LogP contribution is -2.24. The number of rotatable bonds is 3. The summed E-state index contributed by atoms with van der Waals surface area (Å²) in [5.74, 6) is 0.923. The molecule has 0 saturated heterocycles. The van der Waals surface area contributed by atoms with Gasteiger partial charge in [0.15, 0.2) is 0 Å². The molecule has 0 unspecified atom stereocenters. The summed E-state index contributed by atoms with van der Waals surface area (Å²) in [5, 5.41) is 10.7. The van der Waals surface area contributed by atoms with Crippen LogP contribution in [0.25, 0.3) is 22.0 Å². The second kappa shape index (κ2) is 5.19. The van der Waals surface area contributed by atoms with Crippen LogP contribution in [-0.2, 0) is 7.05 Å². The van der Waals surface area contributed by atoms with E-state index in [1.165, 1.54) is 6.42 Å². The first-order valence-electron chi connectivity index (χ1n) is 7.80. The monoisotopic (exact) mass is 310 g/mol. The number of fused-ring (bicyclic) bond motifs is 1. The number of phenols is 1. The summed E-state index contributed by atoms with van der Waals surface area (Å²) in [6, 6.07) is 7.00. The van der Waals surface area contributed by atoms with E-state index >= 15 is 0 Å². The van der Waals surface area contributed by atoms with Crippen molar-refractivity contribution < 1.29 is 9.84 Å². The highest BCUT2D eigenvalue weighted by atomic mass is 16.5. The zero-order chi connectivity index (χ0) is 16.0. The molecule has 4 rings (SSSR count). The number of aromatic hydroxyl groups is 1. The lowest BCUT2D eigenvalue weighted by Gasteiger charge is -2.27. The summed E-state index contributed by atoms with van der Waals surface area (Å²) in [7, 11) is 1.72. The van der Waals surface area contributed by atoms with E-state index in [4.69, 9.17) is 4.74 Å². The Balaban J connectivity index is 1.93. The first-order chi connectivity index (χ1) is 11.1. The van der Waals surface area contributed by atoms with Crippen LogP contribution in [-0.4, -0.2) is 20.8 Å². The van der Waals surface area contributed by atoms with Crippen LogP contribution < -0.4 is 10.3 Å². The molecule has 0 aliphatic heterocycles. The Labute approximate surface area is 133 Å². The van der Waals surface area contributed by atoms with Gasteiger partial charge < -0.3 is 19.4 Å². The van der Waals surface area contributed by atoms with E-state index in [1.54, 1.807) is 42.2 Å². The van der Waals surface area contributed by atoms with E-state index in [0.717, 1.165) is 35.1 Å². The fourth-order valence-electron chi connectivity index (χ4n) is 2.98. The summed E-state index contributed by atoms with van der Waals surface area (Å²) < 4.78 is 7.62. The van der Waals surface area contributed by atoms with Crippen molar-refractivity contribution in [3.63, 3.8) is 0 Å². The van der Waals surface area contributed by atoms with Crippen LogP contribution in [0.15, 0.2) is 41.5 Å². The molecule has 2 aromatic heterocycles. The topological polar surface area (TPSA) is 67.2 Å². The largest absolute Gasteiger partial charge is 0.508 e. The van der Waals surface area contributed by atoms with Crippen LogP contribution in [0.2, 0.25) is 0 Å². The SMILES string of the molecule is Cn1cc(-c2cc(O)ccc2OC2CCC2)c2cc[nH]c2c1=O. The average Bonchev–Trinajstić information content (AvgIpc) is 2.97. The Hall–Kier alpha value is -2.69. The van der Waals surface area contributed by atoms with Gasteiger partial charge in [-0.1, -0.05) is 0 Å². The van der Waals surface area contributed by atoms with Gasteiger partial charge in [0.1, 0.15) is 17.0 Å². The first-order valence-corrected chi connectivity index (χ1v) is 7.80. The number of aryl methyl sites for hydroxylation is 1. The molecule has 23 heavy (non-hydrogen) atoms. The summed E-state index contributed by atoms with van der Waals surface area (Å²) in [6.45, 7) is 0. The van der Waals surface area contributed by atoms with Gasteiger partial charge in [-0.15, -0.1) is 0 Å². The number of pyridine rings is 1. The molecule has 5 heteroatoms. The molecule has 1 fully saturated rings. The number of hydrogen-bond acceptors (Lipinski definition) is 3. The number of nitrogens with zero attached hydrogens (tertiary/aromatic N) is 1. The third kappa shape index (κ3) is 2.29. The van der Waals surface area contributed by atoms with Crippen molar-refractivity contribution >= 4 is 10.9 Å². The zero-order valence-electron chi connectivity index (χ0n) is 12.9. The van der Waals surface area contributed by atoms with Gasteiger partial charge in [0.25, 0.3) is 5.56 Å². The van der Waals surface area contributed by atoms with Crippen molar-refractivity contribution in [1.29, 1.82) is 0 Å². The molecular weight excluding hydrogens is 292 g/mol. The maximum Gasteiger partial charge on any atom is 0.274 e. The maximum absolute atomic E-state index is 12.2. The molecule has 0 atom stereocenters. The molecule has 118 valence electrons. The number of nitrogens with one attached hydrogen (secondary N) is 1. The molecule has 5 nitrogen and oxygen atoms in total. The summed E-state index contributed by atoms with van der Waals surface area (Å²) in [4.78, 5) is 15.2. The Kier molecular flexibility index (Phi) is 3.15. The van der Waals surface area contributed by atoms with Crippen LogP contribution in [0, 0.1) is 0 Å². The third-order valence-corrected chi connectivity index (χ3v) is 4.49. The van der Waals surface area contributed by atoms with E-state index < -0.39 is 0 Å². The minimum atomic E-state index is -0.0737. The number of aromatic nitrogens is 2. The van der Waals surface area contributed by atoms with Gasteiger partial charge in [-0.25, -0.2) is 0 Å². The second-order valence-corrected chi connectivity index (χ2v) is 6.08. The highest BCUT2D eigenvalue weighted by Crippen LogP contribution is 2.38. The van der Waals surface area contributed by atoms with Crippen molar-refractivity contribution in [3.8, 4) is 22.6 Å². The molecule has 0 amide bonds. The van der Waals surface area contributed by atoms with E-state index in [0.29, 0.717) is 5.52 Å². The number of aromatic amines is 1. The highest BCUT2D eigenvalue weighted by Gasteiger charge is 2.22. The van der Waals surface area contributed by atoms with Crippen molar-refractivity contribution in [3.05, 3.63) is 47.0 Å². The van der Waals surface area contributed by atoms with Gasteiger partial charge in [0.05, 0.1) is 6.10 Å². The van der Waals surface area contributed by atoms with Gasteiger partial charge in [0, 0.05) is 36.0 Å². The van der Waals surface area contributed by atoms with Gasteiger partial charge in [-0.3, -0.25) is 4.79 Å². The molecule has 1 saturated carbocycles. The Bertz CT molecular complexity index is 935. The van der Waals surface area contributed by atoms with Gasteiger partial charge in [0.2, 0.25) is 0 Å². The summed E-state index contributed by atoms with van der Waals surface area (Å²) >= 11 is 0. The maximum atomic E-state index is 12.2. The van der Waals surface area contributed by atoms with Crippen molar-refractivity contribution in [2.24, 2.45) is 7.05 Å². The first kappa shape index (κ1) is 13.9. The Morgan fingerprint density at radius 2 is 2.09 bits per heavy atom. The minimum absolute atomic E-state index is 0.0737. The zero-order valence-corrected chi connectivity index (χ0v) is 12.9. The van der Waals surface area contributed by atoms with Crippen LogP contribution in [0.1, 0.15) is 19.3 Å². The van der Waals surface area contributed by atoms with Crippen LogP contribution >= 0.6 is 0 Å². The third-order valence-electron chi connectivity index (χ3n) is 4.49. The summed E-state index contributed by atoms with van der Waals surface area (Å²) in [5.41, 5.74) is 2.16. The van der Waals surface area contributed by atoms with E-state index in [1.807, 2.05) is 6.07 Å². The molecule has 0 bridgehead atoms. The number of H-pyrrole nitrogens is 1. The number of hydrogen-bond donors (Lipinski definition) is 2. The standard InChI is InChI=1S/C18H18N2O3/c1-20-10-15(13-7-8-19-17(13)18(20)22)14-9-11(21)5-6-16(14)23-12-3-2-4-12/h5-10,12,19,21H,2-4H2,1H3. The minimum Gasteiger partial charge on any atom is -0.508 e. The van der Waals surface area contributed by atoms with Crippen LogP contribution in [0.4, 0.5) is 0 Å². The Morgan fingerprint density at radius 1 is 1.26 bits per heavy atom. The fraction of sp³-hybridized carbons (Fsp3) is 0.278. The molecule has 3 aromatic rings. The fourth-order valence-corrected chi connectivity index (χ4v) is 2.98. The molecular formula is C18H18N2O3. The molecule has 1 aliphatic carbocycles. The van der Waals surface area contributed by atoms with Crippen LogP contribution in [0.3, 0.4) is 0 Å². The predicted octanol–water partition coefficient (Wildman–Crippen LogP) is 3.17. The molecule has 2 heterocycles. The van der Waals surface area contributed by atoms with E-state index in [9.17, 15) is 9.90 Å². The number of ether oxygens (including phenoxy) is 1. The number of benzene rings is 1. The lowest BCUT2D eigenvalue weighted by molar-refractivity contribution is 0.121. The number of phenolic OH excluding ortho intramolecular Hbond substituents is 1. The Morgan fingerprint density at radius 3 is 2.83 bits per heavy atom.